The van der Waals surface area contributed by atoms with Crippen molar-refractivity contribution in [2.45, 2.75) is 6.04 Å². The van der Waals surface area contributed by atoms with Gasteiger partial charge in [-0.15, -0.1) is 0 Å². The van der Waals surface area contributed by atoms with E-state index in [0.29, 0.717) is 26.8 Å². The molecule has 0 aliphatic rings. The molecule has 108 valence electrons. The third-order valence-corrected chi connectivity index (χ3v) is 4.09. The fraction of sp³-hybridized carbons (Fsp3) is 0.0667. The summed E-state index contributed by atoms with van der Waals surface area (Å²) >= 11 is 12.2. The van der Waals surface area contributed by atoms with Crippen molar-refractivity contribution in [1.82, 2.24) is 5.43 Å². The molecule has 3 rings (SSSR count). The molecular formula is C15H11Cl2FN2O. The van der Waals surface area contributed by atoms with Crippen LogP contribution in [0.5, 0.6) is 0 Å². The molecule has 6 heteroatoms. The van der Waals surface area contributed by atoms with Crippen LogP contribution in [0.15, 0.2) is 46.9 Å². The molecule has 0 spiro atoms. The highest BCUT2D eigenvalue weighted by Gasteiger charge is 2.21. The first-order valence-electron chi connectivity index (χ1n) is 6.20. The van der Waals surface area contributed by atoms with Crippen molar-refractivity contribution in [1.29, 1.82) is 0 Å². The first kappa shape index (κ1) is 14.4. The van der Waals surface area contributed by atoms with Gasteiger partial charge in [-0.3, -0.25) is 5.84 Å². The van der Waals surface area contributed by atoms with Crippen molar-refractivity contribution >= 4 is 34.2 Å². The summed E-state index contributed by atoms with van der Waals surface area (Å²) in [7, 11) is 0. The van der Waals surface area contributed by atoms with Crippen LogP contribution in [0.1, 0.15) is 17.4 Å². The summed E-state index contributed by atoms with van der Waals surface area (Å²) in [6.07, 6.45) is 0. The fourth-order valence-electron chi connectivity index (χ4n) is 2.26. The number of para-hydroxylation sites is 1. The average Bonchev–Trinajstić information content (AvgIpc) is 2.89. The maximum atomic E-state index is 13.7. The van der Waals surface area contributed by atoms with Crippen LogP contribution in [0.3, 0.4) is 0 Å². The molecule has 2 aromatic carbocycles. The number of fused-ring (bicyclic) bond motifs is 1. The van der Waals surface area contributed by atoms with Crippen LogP contribution in [0.25, 0.3) is 11.0 Å². The summed E-state index contributed by atoms with van der Waals surface area (Å²) in [6, 6.07) is 11.1. The normalized spacial score (nSPS) is 12.8. The second kappa shape index (κ2) is 5.66. The molecule has 3 aromatic rings. The Morgan fingerprint density at radius 1 is 1.14 bits per heavy atom. The van der Waals surface area contributed by atoms with E-state index in [1.165, 1.54) is 6.07 Å². The number of halogens is 3. The molecule has 3 nitrogen and oxygen atoms in total. The number of nitrogens with two attached hydrogens (primary N) is 1. The molecule has 1 heterocycles. The van der Waals surface area contributed by atoms with Crippen molar-refractivity contribution < 1.29 is 8.81 Å². The Kier molecular flexibility index (Phi) is 3.87. The standard InChI is InChI=1S/C15H11Cl2FN2O/c16-10-5-2-4-9(13(10)17)14(20-19)12-7-8-3-1-6-11(18)15(8)21-12/h1-7,14,20H,19H2. The lowest BCUT2D eigenvalue weighted by molar-refractivity contribution is 0.465. The Balaban J connectivity index is 2.14. The Labute approximate surface area is 130 Å². The fourth-order valence-corrected chi connectivity index (χ4v) is 2.68. The third-order valence-electron chi connectivity index (χ3n) is 3.26. The van der Waals surface area contributed by atoms with E-state index in [2.05, 4.69) is 5.43 Å². The van der Waals surface area contributed by atoms with Crippen LogP contribution >= 0.6 is 23.2 Å². The van der Waals surface area contributed by atoms with Crippen LogP contribution in [0, 0.1) is 5.82 Å². The zero-order valence-corrected chi connectivity index (χ0v) is 12.3. The van der Waals surface area contributed by atoms with Crippen molar-refractivity contribution in [3.63, 3.8) is 0 Å². The van der Waals surface area contributed by atoms with Gasteiger partial charge in [-0.25, -0.2) is 9.82 Å². The van der Waals surface area contributed by atoms with Gasteiger partial charge in [0.25, 0.3) is 0 Å². The first-order chi connectivity index (χ1) is 10.1. The molecule has 0 fully saturated rings. The van der Waals surface area contributed by atoms with Gasteiger partial charge >= 0.3 is 0 Å². The van der Waals surface area contributed by atoms with Crippen LogP contribution in [-0.4, -0.2) is 0 Å². The van der Waals surface area contributed by atoms with Crippen LogP contribution in [0.4, 0.5) is 4.39 Å². The molecule has 1 aromatic heterocycles. The maximum absolute atomic E-state index is 13.7. The zero-order chi connectivity index (χ0) is 15.0. The summed E-state index contributed by atoms with van der Waals surface area (Å²) in [6.45, 7) is 0. The molecule has 1 atom stereocenters. The number of hydrogen-bond donors (Lipinski definition) is 2. The van der Waals surface area contributed by atoms with Crippen molar-refractivity contribution in [3.05, 3.63) is 69.7 Å². The molecule has 0 saturated carbocycles. The SMILES string of the molecule is NNC(c1cc2cccc(F)c2o1)c1cccc(Cl)c1Cl. The highest BCUT2D eigenvalue weighted by molar-refractivity contribution is 6.42. The van der Waals surface area contributed by atoms with E-state index >= 15 is 0 Å². The van der Waals surface area contributed by atoms with E-state index < -0.39 is 11.9 Å². The average molecular weight is 325 g/mol. The zero-order valence-electron chi connectivity index (χ0n) is 10.7. The molecule has 0 aliphatic carbocycles. The number of benzene rings is 2. The summed E-state index contributed by atoms with van der Waals surface area (Å²) in [5, 5.41) is 1.45. The predicted octanol–water partition coefficient (Wildman–Crippen LogP) is 4.43. The molecule has 0 saturated heterocycles. The Bertz CT molecular complexity index is 803. The number of furan rings is 1. The van der Waals surface area contributed by atoms with Crippen molar-refractivity contribution in [3.8, 4) is 0 Å². The number of rotatable bonds is 3. The molecule has 3 N–H and O–H groups in total. The Morgan fingerprint density at radius 3 is 2.62 bits per heavy atom. The van der Waals surface area contributed by atoms with Gasteiger partial charge in [0.05, 0.1) is 10.0 Å². The molecular weight excluding hydrogens is 314 g/mol. The van der Waals surface area contributed by atoms with E-state index in [9.17, 15) is 4.39 Å². The van der Waals surface area contributed by atoms with E-state index in [0.717, 1.165) is 0 Å². The van der Waals surface area contributed by atoms with Gasteiger partial charge in [-0.05, 0) is 23.8 Å². The van der Waals surface area contributed by atoms with Crippen LogP contribution in [-0.2, 0) is 0 Å². The minimum atomic E-state index is -0.525. The molecule has 21 heavy (non-hydrogen) atoms. The van der Waals surface area contributed by atoms with Gasteiger partial charge in [-0.2, -0.15) is 0 Å². The minimum absolute atomic E-state index is 0.186. The second-order valence-corrected chi connectivity index (χ2v) is 5.33. The lowest BCUT2D eigenvalue weighted by Gasteiger charge is -2.15. The van der Waals surface area contributed by atoms with E-state index in [-0.39, 0.29) is 5.58 Å². The smallest absolute Gasteiger partial charge is 0.169 e. The number of hydrogen-bond acceptors (Lipinski definition) is 3. The maximum Gasteiger partial charge on any atom is 0.169 e. The quantitative estimate of drug-likeness (QED) is 0.553. The first-order valence-corrected chi connectivity index (χ1v) is 6.95. The topological polar surface area (TPSA) is 51.2 Å². The molecule has 0 bridgehead atoms. The van der Waals surface area contributed by atoms with E-state index in [4.69, 9.17) is 33.5 Å². The number of hydrazine groups is 1. The van der Waals surface area contributed by atoms with Gasteiger partial charge in [0.2, 0.25) is 0 Å². The predicted molar refractivity (Wildman–Crippen MR) is 81.8 cm³/mol. The molecule has 0 amide bonds. The van der Waals surface area contributed by atoms with Gasteiger partial charge in [0, 0.05) is 5.39 Å². The summed E-state index contributed by atoms with van der Waals surface area (Å²) in [5.74, 6) is 5.65. The highest BCUT2D eigenvalue weighted by Crippen LogP contribution is 2.35. The molecule has 0 aliphatic heterocycles. The van der Waals surface area contributed by atoms with Crippen molar-refractivity contribution in [2.24, 2.45) is 5.84 Å². The van der Waals surface area contributed by atoms with Gasteiger partial charge in [-0.1, -0.05) is 47.5 Å². The number of nitrogens with one attached hydrogen (secondary N) is 1. The van der Waals surface area contributed by atoms with Gasteiger partial charge < -0.3 is 4.42 Å². The van der Waals surface area contributed by atoms with E-state index in [1.807, 2.05) is 0 Å². The van der Waals surface area contributed by atoms with Crippen LogP contribution < -0.4 is 11.3 Å². The van der Waals surface area contributed by atoms with Gasteiger partial charge in [0.15, 0.2) is 11.4 Å². The minimum Gasteiger partial charge on any atom is -0.456 e. The summed E-state index contributed by atoms with van der Waals surface area (Å²) < 4.78 is 19.3. The lowest BCUT2D eigenvalue weighted by Crippen LogP contribution is -2.28. The summed E-state index contributed by atoms with van der Waals surface area (Å²) in [4.78, 5) is 0. The lowest BCUT2D eigenvalue weighted by atomic mass is 10.0. The summed E-state index contributed by atoms with van der Waals surface area (Å²) in [5.41, 5.74) is 3.47. The van der Waals surface area contributed by atoms with Gasteiger partial charge in [0.1, 0.15) is 11.8 Å². The third kappa shape index (κ3) is 2.51. The molecule has 0 radical (unpaired) electrons. The van der Waals surface area contributed by atoms with Crippen molar-refractivity contribution in [2.75, 3.05) is 0 Å². The largest absolute Gasteiger partial charge is 0.456 e. The Morgan fingerprint density at radius 2 is 1.90 bits per heavy atom. The Hall–Kier alpha value is -1.59. The second-order valence-electron chi connectivity index (χ2n) is 4.55. The van der Waals surface area contributed by atoms with E-state index in [1.54, 1.807) is 36.4 Å². The molecule has 1 unspecified atom stereocenters. The van der Waals surface area contributed by atoms with Crippen LogP contribution in [0.2, 0.25) is 10.0 Å². The highest BCUT2D eigenvalue weighted by atomic mass is 35.5. The monoisotopic (exact) mass is 324 g/mol.